The lowest BCUT2D eigenvalue weighted by molar-refractivity contribution is 0.198. The van der Waals surface area contributed by atoms with Crippen LogP contribution in [0, 0.1) is 0 Å². The maximum atomic E-state index is 5.68. The van der Waals surface area contributed by atoms with E-state index in [0.717, 1.165) is 30.0 Å². The van der Waals surface area contributed by atoms with Gasteiger partial charge in [-0.3, -0.25) is 0 Å². The van der Waals surface area contributed by atoms with Gasteiger partial charge in [0.2, 0.25) is 5.89 Å². The van der Waals surface area contributed by atoms with Crippen molar-refractivity contribution in [1.29, 1.82) is 0 Å². The van der Waals surface area contributed by atoms with Gasteiger partial charge >= 0.3 is 0 Å². The van der Waals surface area contributed by atoms with Crippen molar-refractivity contribution in [3.63, 3.8) is 0 Å². The highest BCUT2D eigenvalue weighted by atomic mass is 16.5. The molecule has 0 unspecified atom stereocenters. The van der Waals surface area contributed by atoms with E-state index in [9.17, 15) is 0 Å². The number of methoxy groups -OCH3 is 1. The summed E-state index contributed by atoms with van der Waals surface area (Å²) in [4.78, 5) is 4.23. The summed E-state index contributed by atoms with van der Waals surface area (Å²) in [5.41, 5.74) is 0.980. The molecule has 0 aliphatic carbocycles. The van der Waals surface area contributed by atoms with E-state index in [1.165, 1.54) is 0 Å². The van der Waals surface area contributed by atoms with E-state index in [0.29, 0.717) is 19.0 Å². The average molecular weight is 250 g/mol. The predicted octanol–water partition coefficient (Wildman–Crippen LogP) is 2.23. The molecule has 2 rings (SSSR count). The highest BCUT2D eigenvalue weighted by molar-refractivity contribution is 5.58. The fourth-order valence-corrected chi connectivity index (χ4v) is 1.72. The molecule has 0 aliphatic rings. The quantitative estimate of drug-likeness (QED) is 0.763. The summed E-state index contributed by atoms with van der Waals surface area (Å²) in [6.45, 7) is 4.10. The second kappa shape index (κ2) is 6.37. The first kappa shape index (κ1) is 12.9. The molecule has 0 radical (unpaired) electrons. The monoisotopic (exact) mass is 250 g/mol. The van der Waals surface area contributed by atoms with E-state index < -0.39 is 0 Å². The van der Waals surface area contributed by atoms with Crippen LogP contribution in [0.1, 0.15) is 18.6 Å². The predicted molar refractivity (Wildman–Crippen MR) is 67.2 cm³/mol. The molecule has 5 heteroatoms. The fourth-order valence-electron chi connectivity index (χ4n) is 1.72. The lowest BCUT2D eigenvalue weighted by Crippen LogP contribution is -2.18. The largest absolute Gasteiger partial charge is 0.469 e. The lowest BCUT2D eigenvalue weighted by Gasteiger charge is -2.00. The Labute approximate surface area is 106 Å². The molecule has 18 heavy (non-hydrogen) atoms. The minimum Gasteiger partial charge on any atom is -0.469 e. The van der Waals surface area contributed by atoms with E-state index in [2.05, 4.69) is 10.3 Å². The summed E-state index contributed by atoms with van der Waals surface area (Å²) >= 11 is 0. The van der Waals surface area contributed by atoms with Gasteiger partial charge in [0.05, 0.1) is 31.2 Å². The number of oxazole rings is 1. The highest BCUT2D eigenvalue weighted by Gasteiger charge is 2.12. The molecule has 0 saturated carbocycles. The van der Waals surface area contributed by atoms with Crippen molar-refractivity contribution in [2.24, 2.45) is 0 Å². The summed E-state index contributed by atoms with van der Waals surface area (Å²) in [5, 5.41) is 3.19. The van der Waals surface area contributed by atoms with Crippen molar-refractivity contribution in [2.75, 3.05) is 20.3 Å². The number of aromatic nitrogens is 1. The number of rotatable bonds is 7. The van der Waals surface area contributed by atoms with Gasteiger partial charge in [0.1, 0.15) is 5.76 Å². The SMILES string of the molecule is CCc1occc1-c1cnc(CNCCOC)o1. The summed E-state index contributed by atoms with van der Waals surface area (Å²) in [5.74, 6) is 2.35. The van der Waals surface area contributed by atoms with Gasteiger partial charge in [0, 0.05) is 20.1 Å². The smallest absolute Gasteiger partial charge is 0.208 e. The van der Waals surface area contributed by atoms with Gasteiger partial charge in [-0.2, -0.15) is 0 Å². The molecular weight excluding hydrogens is 232 g/mol. The Morgan fingerprint density at radius 1 is 1.44 bits per heavy atom. The normalized spacial score (nSPS) is 11.0. The van der Waals surface area contributed by atoms with Gasteiger partial charge in [-0.1, -0.05) is 6.92 Å². The van der Waals surface area contributed by atoms with Crippen molar-refractivity contribution in [2.45, 2.75) is 19.9 Å². The van der Waals surface area contributed by atoms with Gasteiger partial charge in [-0.05, 0) is 6.07 Å². The number of ether oxygens (including phenoxy) is 1. The third kappa shape index (κ3) is 3.00. The Morgan fingerprint density at radius 2 is 2.33 bits per heavy atom. The molecule has 0 fully saturated rings. The van der Waals surface area contributed by atoms with Crippen LogP contribution in [0.5, 0.6) is 0 Å². The van der Waals surface area contributed by atoms with Crippen molar-refractivity contribution in [3.05, 3.63) is 30.2 Å². The van der Waals surface area contributed by atoms with Gasteiger partial charge in [0.25, 0.3) is 0 Å². The third-order valence-electron chi connectivity index (χ3n) is 2.64. The zero-order valence-electron chi connectivity index (χ0n) is 10.7. The van der Waals surface area contributed by atoms with Gasteiger partial charge in [-0.25, -0.2) is 4.98 Å². The first-order valence-corrected chi connectivity index (χ1v) is 6.06. The van der Waals surface area contributed by atoms with E-state index in [1.54, 1.807) is 19.6 Å². The maximum Gasteiger partial charge on any atom is 0.208 e. The number of nitrogens with zero attached hydrogens (tertiary/aromatic N) is 1. The summed E-state index contributed by atoms with van der Waals surface area (Å²) in [6.07, 6.45) is 4.25. The average Bonchev–Trinajstić information content (AvgIpc) is 3.02. The molecule has 0 atom stereocenters. The molecule has 0 saturated heterocycles. The number of hydrogen-bond acceptors (Lipinski definition) is 5. The molecule has 98 valence electrons. The van der Waals surface area contributed by atoms with Crippen LogP contribution in [0.4, 0.5) is 0 Å². The third-order valence-corrected chi connectivity index (χ3v) is 2.64. The van der Waals surface area contributed by atoms with Crippen LogP contribution in [0.25, 0.3) is 11.3 Å². The van der Waals surface area contributed by atoms with Crippen molar-refractivity contribution >= 4 is 0 Å². The van der Waals surface area contributed by atoms with Crippen LogP contribution in [0.3, 0.4) is 0 Å². The van der Waals surface area contributed by atoms with Crippen molar-refractivity contribution in [3.8, 4) is 11.3 Å². The van der Waals surface area contributed by atoms with Crippen LogP contribution in [-0.2, 0) is 17.7 Å². The van der Waals surface area contributed by atoms with Gasteiger partial charge < -0.3 is 18.9 Å². The molecule has 0 amide bonds. The lowest BCUT2D eigenvalue weighted by atomic mass is 10.2. The minimum absolute atomic E-state index is 0.600. The Bertz CT molecular complexity index is 476. The molecule has 0 aromatic carbocycles. The highest BCUT2D eigenvalue weighted by Crippen LogP contribution is 2.25. The Morgan fingerprint density at radius 3 is 3.11 bits per heavy atom. The van der Waals surface area contributed by atoms with Gasteiger partial charge in [0.15, 0.2) is 5.76 Å². The number of hydrogen-bond donors (Lipinski definition) is 1. The van der Waals surface area contributed by atoms with E-state index >= 15 is 0 Å². The molecule has 0 spiro atoms. The maximum absolute atomic E-state index is 5.68. The van der Waals surface area contributed by atoms with Crippen molar-refractivity contribution in [1.82, 2.24) is 10.3 Å². The topological polar surface area (TPSA) is 60.4 Å². The molecular formula is C13H18N2O3. The molecule has 1 N–H and O–H groups in total. The Balaban J connectivity index is 1.97. The van der Waals surface area contributed by atoms with Crippen LogP contribution in [0.2, 0.25) is 0 Å². The molecule has 2 heterocycles. The minimum atomic E-state index is 0.600. The van der Waals surface area contributed by atoms with Crippen LogP contribution >= 0.6 is 0 Å². The Hall–Kier alpha value is -1.59. The zero-order chi connectivity index (χ0) is 12.8. The Kier molecular flexibility index (Phi) is 4.55. The van der Waals surface area contributed by atoms with Crippen LogP contribution in [-0.4, -0.2) is 25.2 Å². The fraction of sp³-hybridized carbons (Fsp3) is 0.462. The van der Waals surface area contributed by atoms with Crippen LogP contribution < -0.4 is 5.32 Å². The summed E-state index contributed by atoms with van der Waals surface area (Å²) in [6, 6.07) is 1.90. The second-order valence-corrected chi connectivity index (χ2v) is 3.90. The molecule has 2 aromatic heterocycles. The standard InChI is InChI=1S/C13H18N2O3/c1-3-11-10(4-6-17-11)12-8-15-13(18-12)9-14-5-7-16-2/h4,6,8,14H,3,5,7,9H2,1-2H3. The summed E-state index contributed by atoms with van der Waals surface area (Å²) in [7, 11) is 1.68. The number of aryl methyl sites for hydroxylation is 1. The van der Waals surface area contributed by atoms with Gasteiger partial charge in [-0.15, -0.1) is 0 Å². The molecule has 2 aromatic rings. The molecule has 5 nitrogen and oxygen atoms in total. The molecule has 0 aliphatic heterocycles. The zero-order valence-corrected chi connectivity index (χ0v) is 10.7. The number of nitrogens with one attached hydrogen (secondary N) is 1. The van der Waals surface area contributed by atoms with E-state index in [1.807, 2.05) is 13.0 Å². The second-order valence-electron chi connectivity index (χ2n) is 3.90. The molecule has 0 bridgehead atoms. The van der Waals surface area contributed by atoms with E-state index in [4.69, 9.17) is 13.6 Å². The summed E-state index contributed by atoms with van der Waals surface area (Å²) < 4.78 is 16.0. The first-order valence-electron chi connectivity index (χ1n) is 6.06. The number of furan rings is 1. The van der Waals surface area contributed by atoms with Crippen LogP contribution in [0.15, 0.2) is 27.4 Å². The first-order chi connectivity index (χ1) is 8.85. The van der Waals surface area contributed by atoms with Crippen molar-refractivity contribution < 1.29 is 13.6 Å². The van der Waals surface area contributed by atoms with E-state index in [-0.39, 0.29) is 0 Å².